The summed E-state index contributed by atoms with van der Waals surface area (Å²) in [5.74, 6) is 0.625. The zero-order valence-corrected chi connectivity index (χ0v) is 16.3. The highest BCUT2D eigenvalue weighted by Gasteiger charge is 2.27. The van der Waals surface area contributed by atoms with Crippen molar-refractivity contribution in [1.29, 1.82) is 0 Å². The van der Waals surface area contributed by atoms with Crippen LogP contribution >= 0.6 is 0 Å². The molecule has 3 heterocycles. The number of hydrogen-bond donors (Lipinski definition) is 1. The molecular formula is C20H31N5O2. The van der Waals surface area contributed by atoms with Gasteiger partial charge in [0.15, 0.2) is 0 Å². The molecular weight excluding hydrogens is 342 g/mol. The second kappa shape index (κ2) is 9.69. The second-order valence-electron chi connectivity index (χ2n) is 7.68. The molecule has 0 spiro atoms. The van der Waals surface area contributed by atoms with E-state index in [4.69, 9.17) is 0 Å². The molecule has 3 amide bonds. The molecule has 7 nitrogen and oxygen atoms in total. The van der Waals surface area contributed by atoms with E-state index in [2.05, 4.69) is 22.2 Å². The molecule has 0 aromatic carbocycles. The number of amides is 3. The van der Waals surface area contributed by atoms with E-state index in [9.17, 15) is 9.59 Å². The first-order valence-electron chi connectivity index (χ1n) is 10.00. The number of rotatable bonds is 5. The van der Waals surface area contributed by atoms with Gasteiger partial charge in [0, 0.05) is 64.6 Å². The van der Waals surface area contributed by atoms with Gasteiger partial charge < -0.3 is 20.0 Å². The minimum atomic E-state index is 0.0924. The first-order chi connectivity index (χ1) is 13.1. The third-order valence-electron chi connectivity index (χ3n) is 5.65. The molecule has 7 heteroatoms. The largest absolute Gasteiger partial charge is 0.352 e. The molecule has 2 aliphatic heterocycles. The van der Waals surface area contributed by atoms with Gasteiger partial charge in [0.25, 0.3) is 0 Å². The normalized spacial score (nSPS) is 19.1. The van der Waals surface area contributed by atoms with Gasteiger partial charge in [-0.15, -0.1) is 0 Å². The monoisotopic (exact) mass is 373 g/mol. The molecule has 1 aromatic rings. The van der Waals surface area contributed by atoms with E-state index in [1.54, 1.807) is 12.4 Å². The van der Waals surface area contributed by atoms with Gasteiger partial charge in [-0.3, -0.25) is 9.78 Å². The van der Waals surface area contributed by atoms with Crippen molar-refractivity contribution in [2.75, 3.05) is 46.3 Å². The Hall–Kier alpha value is -2.15. The lowest BCUT2D eigenvalue weighted by Gasteiger charge is -2.39. The molecule has 0 atom stereocenters. The predicted molar refractivity (Wildman–Crippen MR) is 104 cm³/mol. The molecule has 2 saturated heterocycles. The number of urea groups is 1. The first kappa shape index (κ1) is 19.6. The van der Waals surface area contributed by atoms with Crippen molar-refractivity contribution < 1.29 is 9.59 Å². The zero-order chi connectivity index (χ0) is 19.1. The highest BCUT2D eigenvalue weighted by molar-refractivity contribution is 5.76. The molecule has 0 unspecified atom stereocenters. The number of pyridine rings is 1. The maximum Gasteiger partial charge on any atom is 0.320 e. The van der Waals surface area contributed by atoms with Crippen molar-refractivity contribution in [3.05, 3.63) is 30.1 Å². The van der Waals surface area contributed by atoms with Crippen LogP contribution in [0.3, 0.4) is 0 Å². The Bertz CT molecular complexity index is 608. The Balaban J connectivity index is 1.32. The number of likely N-dealkylation sites (N-methyl/N-ethyl adjacent to an activating group) is 1. The van der Waals surface area contributed by atoms with Crippen molar-refractivity contribution in [3.63, 3.8) is 0 Å². The van der Waals surface area contributed by atoms with E-state index in [0.29, 0.717) is 18.9 Å². The molecule has 0 radical (unpaired) electrons. The van der Waals surface area contributed by atoms with Crippen LogP contribution in [0, 0.1) is 5.92 Å². The maximum atomic E-state index is 12.6. The maximum absolute atomic E-state index is 12.6. The molecule has 0 bridgehead atoms. The smallest absolute Gasteiger partial charge is 0.320 e. The summed E-state index contributed by atoms with van der Waals surface area (Å²) in [5.41, 5.74) is 1.02. The highest BCUT2D eigenvalue weighted by Crippen LogP contribution is 2.23. The summed E-state index contributed by atoms with van der Waals surface area (Å²) in [7, 11) is 2.10. The number of carbonyl (C=O) groups is 2. The standard InChI is InChI=1S/C20H31N5O2/c1-23-11-13-25(14-12-23)20(27)24-9-6-17(7-10-24)4-5-19(26)22-16-18-3-2-8-21-15-18/h2-3,8,15,17H,4-7,9-14,16H2,1H3,(H,22,26). The molecule has 2 fully saturated rings. The molecule has 27 heavy (non-hydrogen) atoms. The van der Waals surface area contributed by atoms with Crippen molar-refractivity contribution in [1.82, 2.24) is 25.0 Å². The van der Waals surface area contributed by atoms with Gasteiger partial charge in [0.05, 0.1) is 0 Å². The molecule has 3 rings (SSSR count). The number of nitrogens with zero attached hydrogens (tertiary/aromatic N) is 4. The molecule has 2 aliphatic rings. The molecule has 0 saturated carbocycles. The van der Waals surface area contributed by atoms with E-state index in [1.165, 1.54) is 0 Å². The van der Waals surface area contributed by atoms with Crippen LogP contribution in [0.2, 0.25) is 0 Å². The number of nitrogens with one attached hydrogen (secondary N) is 1. The van der Waals surface area contributed by atoms with Gasteiger partial charge in [-0.25, -0.2) is 4.79 Å². The Labute approximate surface area is 161 Å². The van der Waals surface area contributed by atoms with Gasteiger partial charge in [-0.2, -0.15) is 0 Å². The number of hydrogen-bond acceptors (Lipinski definition) is 4. The summed E-state index contributed by atoms with van der Waals surface area (Å²) in [4.78, 5) is 35.0. The highest BCUT2D eigenvalue weighted by atomic mass is 16.2. The van der Waals surface area contributed by atoms with Crippen LogP contribution in [-0.2, 0) is 11.3 Å². The van der Waals surface area contributed by atoms with Gasteiger partial charge in [0.2, 0.25) is 5.91 Å². The van der Waals surface area contributed by atoms with Crippen molar-refractivity contribution in [2.24, 2.45) is 5.92 Å². The first-order valence-corrected chi connectivity index (χ1v) is 10.00. The number of carbonyl (C=O) groups excluding carboxylic acids is 2. The van der Waals surface area contributed by atoms with Crippen LogP contribution in [-0.4, -0.2) is 77.9 Å². The van der Waals surface area contributed by atoms with Crippen molar-refractivity contribution in [2.45, 2.75) is 32.2 Å². The quantitative estimate of drug-likeness (QED) is 0.850. The summed E-state index contributed by atoms with van der Waals surface area (Å²) in [5, 5.41) is 2.96. The lowest BCUT2D eigenvalue weighted by molar-refractivity contribution is -0.121. The molecule has 1 aromatic heterocycles. The van der Waals surface area contributed by atoms with Gasteiger partial charge in [0.1, 0.15) is 0 Å². The van der Waals surface area contributed by atoms with Gasteiger partial charge >= 0.3 is 6.03 Å². The average molecular weight is 374 g/mol. The van der Waals surface area contributed by atoms with Crippen LogP contribution in [0.15, 0.2) is 24.5 Å². The Morgan fingerprint density at radius 2 is 1.81 bits per heavy atom. The van der Waals surface area contributed by atoms with Crippen LogP contribution < -0.4 is 5.32 Å². The van der Waals surface area contributed by atoms with E-state index >= 15 is 0 Å². The molecule has 0 aliphatic carbocycles. The van der Waals surface area contributed by atoms with E-state index in [1.807, 2.05) is 21.9 Å². The lowest BCUT2D eigenvalue weighted by atomic mass is 9.92. The Morgan fingerprint density at radius 3 is 2.48 bits per heavy atom. The molecule has 148 valence electrons. The fraction of sp³-hybridized carbons (Fsp3) is 0.650. The van der Waals surface area contributed by atoms with Gasteiger partial charge in [-0.05, 0) is 43.9 Å². The number of aromatic nitrogens is 1. The minimum Gasteiger partial charge on any atom is -0.352 e. The number of piperazine rings is 1. The number of piperidine rings is 1. The summed E-state index contributed by atoms with van der Waals surface area (Å²) < 4.78 is 0. The fourth-order valence-electron chi connectivity index (χ4n) is 3.74. The van der Waals surface area contributed by atoms with Gasteiger partial charge in [-0.1, -0.05) is 6.07 Å². The third-order valence-corrected chi connectivity index (χ3v) is 5.65. The van der Waals surface area contributed by atoms with E-state index in [-0.39, 0.29) is 11.9 Å². The minimum absolute atomic E-state index is 0.0924. The average Bonchev–Trinajstić information content (AvgIpc) is 2.72. The summed E-state index contributed by atoms with van der Waals surface area (Å²) >= 11 is 0. The molecule has 1 N–H and O–H groups in total. The zero-order valence-electron chi connectivity index (χ0n) is 16.3. The summed E-state index contributed by atoms with van der Waals surface area (Å²) in [6.07, 6.45) is 6.94. The second-order valence-corrected chi connectivity index (χ2v) is 7.68. The number of likely N-dealkylation sites (tertiary alicyclic amines) is 1. The van der Waals surface area contributed by atoms with Crippen molar-refractivity contribution >= 4 is 11.9 Å². The van der Waals surface area contributed by atoms with E-state index < -0.39 is 0 Å². The Morgan fingerprint density at radius 1 is 1.11 bits per heavy atom. The topological polar surface area (TPSA) is 68.8 Å². The van der Waals surface area contributed by atoms with Crippen LogP contribution in [0.25, 0.3) is 0 Å². The third kappa shape index (κ3) is 5.92. The summed E-state index contributed by atoms with van der Waals surface area (Å²) in [6.45, 7) is 5.72. The van der Waals surface area contributed by atoms with Crippen molar-refractivity contribution in [3.8, 4) is 0 Å². The lowest BCUT2D eigenvalue weighted by Crippen LogP contribution is -2.53. The van der Waals surface area contributed by atoms with Crippen LogP contribution in [0.1, 0.15) is 31.2 Å². The Kier molecular flexibility index (Phi) is 7.04. The van der Waals surface area contributed by atoms with E-state index in [0.717, 1.165) is 64.1 Å². The van der Waals surface area contributed by atoms with Crippen LogP contribution in [0.5, 0.6) is 0 Å². The fourth-order valence-corrected chi connectivity index (χ4v) is 3.74. The summed E-state index contributed by atoms with van der Waals surface area (Å²) in [6, 6.07) is 4.02. The van der Waals surface area contributed by atoms with Crippen LogP contribution in [0.4, 0.5) is 4.79 Å². The SMILES string of the molecule is CN1CCN(C(=O)N2CCC(CCC(=O)NCc3cccnc3)CC2)CC1. The predicted octanol–water partition coefficient (Wildman–Crippen LogP) is 1.56.